The van der Waals surface area contributed by atoms with Crippen molar-refractivity contribution in [2.24, 2.45) is 17.6 Å². The standard InChI is InChI=1S/C19H27N3O2.ClH/c1-10-16-14(6-3-7-15(16)23)21-17(10)19(24)22-18-11-4-2-5-12(18)9-13(20)8-11;/h11-13,18,21H,2-9,20H2,1H3,(H,22,24);1H. The number of ketones is 1. The molecule has 0 radical (unpaired) electrons. The second-order valence-corrected chi connectivity index (χ2v) is 7.94. The second-order valence-electron chi connectivity index (χ2n) is 7.94. The number of aromatic amines is 1. The molecule has 6 heteroatoms. The van der Waals surface area contributed by atoms with Crippen molar-refractivity contribution < 1.29 is 9.59 Å². The summed E-state index contributed by atoms with van der Waals surface area (Å²) in [5.74, 6) is 1.13. The third-order valence-electron chi connectivity index (χ3n) is 6.34. The number of halogens is 1. The summed E-state index contributed by atoms with van der Waals surface area (Å²) in [4.78, 5) is 28.3. The van der Waals surface area contributed by atoms with Gasteiger partial charge in [0.25, 0.3) is 5.91 Å². The molecule has 2 saturated carbocycles. The monoisotopic (exact) mass is 365 g/mol. The number of hydrogen-bond donors (Lipinski definition) is 3. The smallest absolute Gasteiger partial charge is 0.268 e. The summed E-state index contributed by atoms with van der Waals surface area (Å²) >= 11 is 0. The summed E-state index contributed by atoms with van der Waals surface area (Å²) in [7, 11) is 0. The highest BCUT2D eigenvalue weighted by atomic mass is 35.5. The van der Waals surface area contributed by atoms with Gasteiger partial charge in [-0.3, -0.25) is 9.59 Å². The average molecular weight is 366 g/mol. The van der Waals surface area contributed by atoms with Crippen LogP contribution in [0.2, 0.25) is 0 Å². The van der Waals surface area contributed by atoms with Crippen LogP contribution in [0.4, 0.5) is 0 Å². The predicted molar refractivity (Wildman–Crippen MR) is 99.3 cm³/mol. The molecular weight excluding hydrogens is 338 g/mol. The molecule has 1 aromatic rings. The van der Waals surface area contributed by atoms with Gasteiger partial charge in [-0.25, -0.2) is 0 Å². The van der Waals surface area contributed by atoms with E-state index in [1.54, 1.807) is 0 Å². The zero-order chi connectivity index (χ0) is 16.8. The quantitative estimate of drug-likeness (QED) is 0.752. The van der Waals surface area contributed by atoms with E-state index in [4.69, 9.17) is 5.73 Å². The Hall–Kier alpha value is -1.33. The summed E-state index contributed by atoms with van der Waals surface area (Å²) in [6.45, 7) is 1.89. The van der Waals surface area contributed by atoms with E-state index in [1.165, 1.54) is 6.42 Å². The van der Waals surface area contributed by atoms with Crippen molar-refractivity contribution in [3.8, 4) is 0 Å². The predicted octanol–water partition coefficient (Wildman–Crippen LogP) is 2.90. The maximum Gasteiger partial charge on any atom is 0.268 e. The van der Waals surface area contributed by atoms with Gasteiger partial charge in [0.1, 0.15) is 5.69 Å². The van der Waals surface area contributed by atoms with Crippen LogP contribution in [0.25, 0.3) is 0 Å². The number of nitrogens with one attached hydrogen (secondary N) is 2. The number of carbonyl (C=O) groups excluding carboxylic acids is 2. The van der Waals surface area contributed by atoms with Gasteiger partial charge in [-0.1, -0.05) is 6.42 Å². The highest BCUT2D eigenvalue weighted by molar-refractivity contribution is 6.04. The van der Waals surface area contributed by atoms with Crippen molar-refractivity contribution in [2.75, 3.05) is 0 Å². The van der Waals surface area contributed by atoms with Crippen molar-refractivity contribution in [2.45, 2.75) is 70.4 Å². The molecule has 4 rings (SSSR count). The molecule has 3 aliphatic rings. The lowest BCUT2D eigenvalue weighted by atomic mass is 9.67. The van der Waals surface area contributed by atoms with E-state index >= 15 is 0 Å². The molecule has 25 heavy (non-hydrogen) atoms. The summed E-state index contributed by atoms with van der Waals surface area (Å²) in [5.41, 5.74) is 9.29. The Morgan fingerprint density at radius 1 is 1.16 bits per heavy atom. The Balaban J connectivity index is 0.00000182. The molecule has 0 aliphatic heterocycles. The number of Topliss-reactive ketones (excluding diaryl/α,β-unsaturated/α-hetero) is 1. The molecule has 5 nitrogen and oxygen atoms in total. The van der Waals surface area contributed by atoms with E-state index in [0.717, 1.165) is 55.3 Å². The first-order valence-corrected chi connectivity index (χ1v) is 9.35. The second kappa shape index (κ2) is 7.12. The minimum Gasteiger partial charge on any atom is -0.354 e. The lowest BCUT2D eigenvalue weighted by Gasteiger charge is -2.45. The van der Waals surface area contributed by atoms with Crippen molar-refractivity contribution in [1.82, 2.24) is 10.3 Å². The Labute approximate surface area is 154 Å². The highest BCUT2D eigenvalue weighted by Gasteiger charge is 2.40. The fraction of sp³-hybridized carbons (Fsp3) is 0.684. The molecule has 2 bridgehead atoms. The van der Waals surface area contributed by atoms with Gasteiger partial charge < -0.3 is 16.0 Å². The SMILES string of the molecule is Cc1c(C(=O)NC2C3CCCC2CC(N)C3)[nH]c2c1C(=O)CCC2.Cl. The normalized spacial score (nSPS) is 31.0. The van der Waals surface area contributed by atoms with Gasteiger partial charge in [-0.15, -0.1) is 12.4 Å². The molecule has 2 fully saturated rings. The first-order valence-electron chi connectivity index (χ1n) is 9.35. The summed E-state index contributed by atoms with van der Waals surface area (Å²) in [5, 5.41) is 3.29. The van der Waals surface area contributed by atoms with Gasteiger partial charge in [-0.05, 0) is 62.8 Å². The van der Waals surface area contributed by atoms with Crippen molar-refractivity contribution >= 4 is 24.1 Å². The van der Waals surface area contributed by atoms with Crippen LogP contribution in [0.1, 0.15) is 77.0 Å². The minimum absolute atomic E-state index is 0. The first kappa shape index (κ1) is 18.5. The molecule has 1 heterocycles. The van der Waals surface area contributed by atoms with Crippen LogP contribution in [0.5, 0.6) is 0 Å². The topological polar surface area (TPSA) is 88.0 Å². The van der Waals surface area contributed by atoms with Crippen LogP contribution in [0, 0.1) is 18.8 Å². The molecule has 138 valence electrons. The molecule has 0 aromatic carbocycles. The van der Waals surface area contributed by atoms with Gasteiger partial charge >= 0.3 is 0 Å². The Bertz CT molecular complexity index is 670. The number of rotatable bonds is 2. The fourth-order valence-electron chi connectivity index (χ4n) is 5.25. The molecule has 4 N–H and O–H groups in total. The summed E-state index contributed by atoms with van der Waals surface area (Å²) in [6, 6.07) is 0.520. The van der Waals surface area contributed by atoms with Gasteiger partial charge in [0.05, 0.1) is 0 Å². The van der Waals surface area contributed by atoms with Crippen LogP contribution in [0.15, 0.2) is 0 Å². The molecular formula is C19H28ClN3O2. The number of fused-ring (bicyclic) bond motifs is 3. The Morgan fingerprint density at radius 2 is 1.84 bits per heavy atom. The zero-order valence-corrected chi connectivity index (χ0v) is 15.6. The van der Waals surface area contributed by atoms with Crippen LogP contribution < -0.4 is 11.1 Å². The van der Waals surface area contributed by atoms with Crippen LogP contribution in [-0.2, 0) is 6.42 Å². The third-order valence-corrected chi connectivity index (χ3v) is 6.34. The van der Waals surface area contributed by atoms with Crippen LogP contribution in [0.3, 0.4) is 0 Å². The zero-order valence-electron chi connectivity index (χ0n) is 14.8. The van der Waals surface area contributed by atoms with Gasteiger partial charge in [0, 0.05) is 29.8 Å². The number of nitrogens with two attached hydrogens (primary N) is 1. The summed E-state index contributed by atoms with van der Waals surface area (Å²) in [6.07, 6.45) is 7.92. The van der Waals surface area contributed by atoms with Crippen molar-refractivity contribution in [1.29, 1.82) is 0 Å². The van der Waals surface area contributed by atoms with Crippen LogP contribution >= 0.6 is 12.4 Å². The van der Waals surface area contributed by atoms with E-state index in [0.29, 0.717) is 24.0 Å². The molecule has 0 saturated heterocycles. The van der Waals surface area contributed by atoms with E-state index in [9.17, 15) is 9.59 Å². The lowest BCUT2D eigenvalue weighted by molar-refractivity contribution is 0.0751. The third kappa shape index (κ3) is 3.24. The van der Waals surface area contributed by atoms with Crippen molar-refractivity contribution in [3.63, 3.8) is 0 Å². The molecule has 2 unspecified atom stereocenters. The number of H-pyrrole nitrogens is 1. The average Bonchev–Trinajstić information content (AvgIpc) is 2.86. The van der Waals surface area contributed by atoms with E-state index in [2.05, 4.69) is 10.3 Å². The Morgan fingerprint density at radius 3 is 2.48 bits per heavy atom. The fourth-order valence-corrected chi connectivity index (χ4v) is 5.25. The molecule has 2 atom stereocenters. The number of carbonyl (C=O) groups is 2. The molecule has 3 aliphatic carbocycles. The highest BCUT2D eigenvalue weighted by Crippen LogP contribution is 2.40. The first-order chi connectivity index (χ1) is 11.5. The summed E-state index contributed by atoms with van der Waals surface area (Å²) < 4.78 is 0. The van der Waals surface area contributed by atoms with E-state index in [1.807, 2.05) is 6.92 Å². The molecule has 1 aromatic heterocycles. The van der Waals surface area contributed by atoms with Crippen LogP contribution in [-0.4, -0.2) is 28.8 Å². The molecule has 0 spiro atoms. The Kier molecular flexibility index (Phi) is 5.26. The number of amides is 1. The van der Waals surface area contributed by atoms with E-state index < -0.39 is 0 Å². The van der Waals surface area contributed by atoms with Gasteiger partial charge in [0.15, 0.2) is 5.78 Å². The number of aromatic nitrogens is 1. The number of hydrogen-bond acceptors (Lipinski definition) is 3. The van der Waals surface area contributed by atoms with Gasteiger partial charge in [0.2, 0.25) is 0 Å². The van der Waals surface area contributed by atoms with E-state index in [-0.39, 0.29) is 36.2 Å². The number of aryl methyl sites for hydroxylation is 1. The maximum atomic E-state index is 12.9. The van der Waals surface area contributed by atoms with Gasteiger partial charge in [-0.2, -0.15) is 0 Å². The minimum atomic E-state index is -0.0490. The lowest BCUT2D eigenvalue weighted by Crippen LogP contribution is -2.53. The maximum absolute atomic E-state index is 12.9. The molecule has 1 amide bonds. The van der Waals surface area contributed by atoms with Crippen molar-refractivity contribution in [3.05, 3.63) is 22.5 Å². The largest absolute Gasteiger partial charge is 0.354 e.